The molecule has 176 valence electrons. The normalized spacial score (nSPS) is 21.2. The van der Waals surface area contributed by atoms with Crippen LogP contribution in [-0.4, -0.2) is 69.8 Å². The molecule has 2 fully saturated rings. The third-order valence-electron chi connectivity index (χ3n) is 6.15. The van der Waals surface area contributed by atoms with Gasteiger partial charge >= 0.3 is 0 Å². The summed E-state index contributed by atoms with van der Waals surface area (Å²) >= 11 is 0. The topological polar surface area (TPSA) is 80.3 Å². The molecule has 0 spiro atoms. The van der Waals surface area contributed by atoms with E-state index in [-0.39, 0.29) is 24.3 Å². The first-order valence-corrected chi connectivity index (χ1v) is 11.3. The van der Waals surface area contributed by atoms with Gasteiger partial charge in [0.25, 0.3) is 0 Å². The number of benzene rings is 2. The molecule has 2 unspecified atom stereocenters. The van der Waals surface area contributed by atoms with E-state index in [2.05, 4.69) is 22.3 Å². The van der Waals surface area contributed by atoms with E-state index in [0.717, 1.165) is 19.6 Å². The third-order valence-corrected chi connectivity index (χ3v) is 6.15. The lowest BCUT2D eigenvalue weighted by atomic mass is 10.1. The van der Waals surface area contributed by atoms with Gasteiger partial charge in [0, 0.05) is 50.9 Å². The molecule has 8 heteroatoms. The highest BCUT2D eigenvalue weighted by atomic mass is 16.5. The molecule has 0 saturated carbocycles. The fraction of sp³-hybridized carbons (Fsp3) is 0.440. The zero-order valence-corrected chi connectivity index (χ0v) is 19.2. The largest absolute Gasteiger partial charge is 0.493 e. The minimum absolute atomic E-state index is 0.0644. The van der Waals surface area contributed by atoms with Crippen molar-refractivity contribution < 1.29 is 23.8 Å². The summed E-state index contributed by atoms with van der Waals surface area (Å²) in [6.45, 7) is 3.92. The van der Waals surface area contributed by atoms with Crippen LogP contribution in [0.1, 0.15) is 12.0 Å². The van der Waals surface area contributed by atoms with Crippen LogP contribution in [0.15, 0.2) is 48.5 Å². The standard InChI is InChI=1S/C25H31N3O5/c1-31-22-9-8-20(13-23(22)32-2)28-16-19(12-24(28)29)25(30)26-14-21-17-27(10-11-33-21)15-18-6-4-3-5-7-18/h3-9,13,19,21H,10-12,14-17H2,1-2H3,(H,26,30). The number of carbonyl (C=O) groups is 2. The quantitative estimate of drug-likeness (QED) is 0.659. The fourth-order valence-corrected chi connectivity index (χ4v) is 4.37. The van der Waals surface area contributed by atoms with Crippen molar-refractivity contribution in [1.82, 2.24) is 10.2 Å². The van der Waals surface area contributed by atoms with Crippen LogP contribution in [0, 0.1) is 5.92 Å². The van der Waals surface area contributed by atoms with E-state index < -0.39 is 5.92 Å². The molecule has 2 aromatic carbocycles. The van der Waals surface area contributed by atoms with Crippen molar-refractivity contribution in [2.45, 2.75) is 19.1 Å². The number of rotatable bonds is 8. The van der Waals surface area contributed by atoms with E-state index in [1.807, 2.05) is 18.2 Å². The van der Waals surface area contributed by atoms with E-state index in [9.17, 15) is 9.59 Å². The van der Waals surface area contributed by atoms with Crippen LogP contribution in [0.4, 0.5) is 5.69 Å². The molecule has 2 saturated heterocycles. The molecule has 0 aliphatic carbocycles. The van der Waals surface area contributed by atoms with Gasteiger partial charge in [0.2, 0.25) is 11.8 Å². The van der Waals surface area contributed by atoms with Gasteiger partial charge < -0.3 is 24.4 Å². The van der Waals surface area contributed by atoms with Gasteiger partial charge in [-0.3, -0.25) is 14.5 Å². The third kappa shape index (κ3) is 5.64. The van der Waals surface area contributed by atoms with Crippen molar-refractivity contribution in [1.29, 1.82) is 0 Å². The molecule has 1 N–H and O–H groups in total. The van der Waals surface area contributed by atoms with E-state index in [1.54, 1.807) is 37.3 Å². The minimum Gasteiger partial charge on any atom is -0.493 e. The molecule has 2 atom stereocenters. The minimum atomic E-state index is -0.394. The molecule has 0 aromatic heterocycles. The maximum absolute atomic E-state index is 12.8. The summed E-state index contributed by atoms with van der Waals surface area (Å²) in [7, 11) is 3.12. The summed E-state index contributed by atoms with van der Waals surface area (Å²) in [5, 5.41) is 3.00. The summed E-state index contributed by atoms with van der Waals surface area (Å²) in [5.74, 6) is 0.552. The Balaban J connectivity index is 1.29. The van der Waals surface area contributed by atoms with Gasteiger partial charge in [-0.2, -0.15) is 0 Å². The summed E-state index contributed by atoms with van der Waals surface area (Å²) in [6.07, 6.45) is 0.122. The van der Waals surface area contributed by atoms with Gasteiger partial charge in [0.15, 0.2) is 11.5 Å². The monoisotopic (exact) mass is 453 g/mol. The average Bonchev–Trinajstić information content (AvgIpc) is 3.24. The van der Waals surface area contributed by atoms with Gasteiger partial charge in [-0.05, 0) is 17.7 Å². The Kier molecular flexibility index (Phi) is 7.47. The molecule has 0 radical (unpaired) electrons. The molecule has 2 amide bonds. The molecule has 2 aliphatic heterocycles. The van der Waals surface area contributed by atoms with Gasteiger partial charge in [-0.15, -0.1) is 0 Å². The number of anilines is 1. The van der Waals surface area contributed by atoms with Crippen LogP contribution in [0.5, 0.6) is 11.5 Å². The van der Waals surface area contributed by atoms with Crippen molar-refractivity contribution in [2.24, 2.45) is 5.92 Å². The second-order valence-corrected chi connectivity index (χ2v) is 8.40. The first-order valence-electron chi connectivity index (χ1n) is 11.3. The van der Waals surface area contributed by atoms with E-state index in [0.29, 0.717) is 36.9 Å². The Labute approximate surface area is 194 Å². The number of carbonyl (C=O) groups excluding carboxylic acids is 2. The van der Waals surface area contributed by atoms with Crippen molar-refractivity contribution in [2.75, 3.05) is 51.9 Å². The lowest BCUT2D eigenvalue weighted by Crippen LogP contribution is -2.48. The number of amides is 2. The Hall–Kier alpha value is -3.10. The molecule has 8 nitrogen and oxygen atoms in total. The predicted octanol–water partition coefficient (Wildman–Crippen LogP) is 2.07. The van der Waals surface area contributed by atoms with Crippen LogP contribution in [0.2, 0.25) is 0 Å². The van der Waals surface area contributed by atoms with Crippen molar-refractivity contribution >= 4 is 17.5 Å². The molecule has 4 rings (SSSR count). The number of morpholine rings is 1. The summed E-state index contributed by atoms with van der Waals surface area (Å²) in [5.41, 5.74) is 1.96. The van der Waals surface area contributed by atoms with Gasteiger partial charge in [0.1, 0.15) is 0 Å². The van der Waals surface area contributed by atoms with Crippen LogP contribution in [0.3, 0.4) is 0 Å². The van der Waals surface area contributed by atoms with Crippen LogP contribution in [0.25, 0.3) is 0 Å². The number of nitrogens with zero attached hydrogens (tertiary/aromatic N) is 2. The molecular weight excluding hydrogens is 422 g/mol. The predicted molar refractivity (Wildman–Crippen MR) is 124 cm³/mol. The first kappa shape index (κ1) is 23.1. The Bertz CT molecular complexity index is 968. The lowest BCUT2D eigenvalue weighted by molar-refractivity contribution is -0.127. The fourth-order valence-electron chi connectivity index (χ4n) is 4.37. The molecule has 2 aliphatic rings. The van der Waals surface area contributed by atoms with Crippen molar-refractivity contribution in [3.63, 3.8) is 0 Å². The summed E-state index contributed by atoms with van der Waals surface area (Å²) in [6, 6.07) is 15.7. The van der Waals surface area contributed by atoms with E-state index in [4.69, 9.17) is 14.2 Å². The zero-order chi connectivity index (χ0) is 23.2. The highest BCUT2D eigenvalue weighted by molar-refractivity contribution is 6.00. The van der Waals surface area contributed by atoms with Crippen molar-refractivity contribution in [3.8, 4) is 11.5 Å². The Morgan fingerprint density at radius 2 is 1.88 bits per heavy atom. The average molecular weight is 454 g/mol. The number of hydrogen-bond donors (Lipinski definition) is 1. The Morgan fingerprint density at radius 3 is 2.64 bits per heavy atom. The number of methoxy groups -OCH3 is 2. The molecule has 33 heavy (non-hydrogen) atoms. The first-order chi connectivity index (χ1) is 16.1. The number of ether oxygens (including phenoxy) is 3. The SMILES string of the molecule is COc1ccc(N2CC(C(=O)NCC3CN(Cc4ccccc4)CCO3)CC2=O)cc1OC. The van der Waals surface area contributed by atoms with E-state index in [1.165, 1.54) is 5.56 Å². The lowest BCUT2D eigenvalue weighted by Gasteiger charge is -2.33. The van der Waals surface area contributed by atoms with Gasteiger partial charge in [-0.25, -0.2) is 0 Å². The zero-order valence-electron chi connectivity index (χ0n) is 19.2. The van der Waals surface area contributed by atoms with E-state index >= 15 is 0 Å². The van der Waals surface area contributed by atoms with Gasteiger partial charge in [0.05, 0.1) is 32.8 Å². The maximum Gasteiger partial charge on any atom is 0.227 e. The molecule has 2 heterocycles. The maximum atomic E-state index is 12.8. The van der Waals surface area contributed by atoms with Crippen LogP contribution >= 0.6 is 0 Å². The molecule has 0 bridgehead atoms. The van der Waals surface area contributed by atoms with Crippen molar-refractivity contribution in [3.05, 3.63) is 54.1 Å². The van der Waals surface area contributed by atoms with Crippen LogP contribution < -0.4 is 19.7 Å². The molecular formula is C25H31N3O5. The van der Waals surface area contributed by atoms with Crippen LogP contribution in [-0.2, 0) is 20.9 Å². The highest BCUT2D eigenvalue weighted by Crippen LogP contribution is 2.34. The molecule has 2 aromatic rings. The van der Waals surface area contributed by atoms with Gasteiger partial charge in [-0.1, -0.05) is 30.3 Å². The highest BCUT2D eigenvalue weighted by Gasteiger charge is 2.35. The summed E-state index contributed by atoms with van der Waals surface area (Å²) in [4.78, 5) is 29.4. The second-order valence-electron chi connectivity index (χ2n) is 8.40. The number of nitrogens with one attached hydrogen (secondary N) is 1. The number of hydrogen-bond acceptors (Lipinski definition) is 6. The second kappa shape index (κ2) is 10.7. The smallest absolute Gasteiger partial charge is 0.227 e. The summed E-state index contributed by atoms with van der Waals surface area (Å²) < 4.78 is 16.5. The Morgan fingerprint density at radius 1 is 1.09 bits per heavy atom.